The molecule has 3 rings (SSSR count). The van der Waals surface area contributed by atoms with Crippen molar-refractivity contribution < 1.29 is 14.3 Å². The molecule has 6 heteroatoms. The highest BCUT2D eigenvalue weighted by Gasteiger charge is 2.09. The van der Waals surface area contributed by atoms with Crippen LogP contribution in [0.15, 0.2) is 36.4 Å². The van der Waals surface area contributed by atoms with Crippen molar-refractivity contribution in [1.82, 2.24) is 4.98 Å². The molecule has 1 amide bonds. The number of aryl methyl sites for hydroxylation is 2. The second-order valence-electron chi connectivity index (χ2n) is 5.51. The van der Waals surface area contributed by atoms with Crippen LogP contribution in [-0.2, 0) is 4.79 Å². The third-order valence-electron chi connectivity index (χ3n) is 3.41. The first-order valence-corrected chi connectivity index (χ1v) is 8.30. The fraction of sp³-hybridized carbons (Fsp3) is 0.222. The average Bonchev–Trinajstić information content (AvgIpc) is 2.93. The molecule has 0 spiro atoms. The summed E-state index contributed by atoms with van der Waals surface area (Å²) in [6, 6.07) is 11.5. The summed E-state index contributed by atoms with van der Waals surface area (Å²) in [7, 11) is 1.62. The summed E-state index contributed by atoms with van der Waals surface area (Å²) in [5.74, 6) is 1.22. The summed E-state index contributed by atoms with van der Waals surface area (Å²) in [6.07, 6.45) is 0. The molecule has 24 heavy (non-hydrogen) atoms. The Balaban J connectivity index is 1.64. The molecule has 5 nitrogen and oxygen atoms in total. The Bertz CT molecular complexity index is 869. The van der Waals surface area contributed by atoms with Crippen LogP contribution in [0.5, 0.6) is 11.5 Å². The minimum atomic E-state index is -0.236. The number of carbonyl (C=O) groups is 1. The van der Waals surface area contributed by atoms with Gasteiger partial charge in [0, 0.05) is 0 Å². The van der Waals surface area contributed by atoms with E-state index in [2.05, 4.69) is 16.4 Å². The molecular formula is C18H18N2O3S. The van der Waals surface area contributed by atoms with E-state index in [9.17, 15) is 4.79 Å². The standard InChI is InChI=1S/C18H18N2O3S/c1-11-6-12(2)8-14(7-11)23-10-17(21)20-18-19-15-5-4-13(22-3)9-16(15)24-18/h4-9H,10H2,1-3H3,(H,19,20,21). The molecule has 0 fully saturated rings. The van der Waals surface area contributed by atoms with E-state index in [0.29, 0.717) is 10.9 Å². The van der Waals surface area contributed by atoms with Gasteiger partial charge in [-0.1, -0.05) is 17.4 Å². The molecule has 124 valence electrons. The Morgan fingerprint density at radius 3 is 2.58 bits per heavy atom. The summed E-state index contributed by atoms with van der Waals surface area (Å²) >= 11 is 1.40. The van der Waals surface area contributed by atoms with Gasteiger partial charge in [0.2, 0.25) is 0 Å². The lowest BCUT2D eigenvalue weighted by Gasteiger charge is -2.07. The smallest absolute Gasteiger partial charge is 0.264 e. The number of rotatable bonds is 5. The SMILES string of the molecule is COc1ccc2nc(NC(=O)COc3cc(C)cc(C)c3)sc2c1. The van der Waals surface area contributed by atoms with Gasteiger partial charge in [-0.2, -0.15) is 0 Å². The monoisotopic (exact) mass is 342 g/mol. The zero-order valence-corrected chi connectivity index (χ0v) is 14.6. The highest BCUT2D eigenvalue weighted by Crippen LogP contribution is 2.29. The second kappa shape index (κ2) is 6.88. The molecule has 2 aromatic carbocycles. The number of anilines is 1. The zero-order valence-electron chi connectivity index (χ0n) is 13.8. The number of thiazole rings is 1. The van der Waals surface area contributed by atoms with Crippen LogP contribution in [-0.4, -0.2) is 24.6 Å². The third-order valence-corrected chi connectivity index (χ3v) is 4.34. The molecule has 3 aromatic rings. The van der Waals surface area contributed by atoms with E-state index in [4.69, 9.17) is 9.47 Å². The minimum absolute atomic E-state index is 0.0534. The summed E-state index contributed by atoms with van der Waals surface area (Å²) in [5, 5.41) is 3.32. The average molecular weight is 342 g/mol. The Morgan fingerprint density at radius 1 is 1.12 bits per heavy atom. The topological polar surface area (TPSA) is 60.5 Å². The Morgan fingerprint density at radius 2 is 1.88 bits per heavy atom. The van der Waals surface area contributed by atoms with Crippen molar-refractivity contribution in [3.05, 3.63) is 47.5 Å². The highest BCUT2D eigenvalue weighted by molar-refractivity contribution is 7.22. The normalized spacial score (nSPS) is 10.6. The van der Waals surface area contributed by atoms with E-state index < -0.39 is 0 Å². The predicted molar refractivity (Wildman–Crippen MR) is 96.2 cm³/mol. The Kier molecular flexibility index (Phi) is 4.66. The molecule has 1 heterocycles. The molecule has 0 saturated carbocycles. The van der Waals surface area contributed by atoms with Crippen LogP contribution in [0.2, 0.25) is 0 Å². The third kappa shape index (κ3) is 3.83. The van der Waals surface area contributed by atoms with Gasteiger partial charge >= 0.3 is 0 Å². The van der Waals surface area contributed by atoms with Crippen LogP contribution in [0.1, 0.15) is 11.1 Å². The number of fused-ring (bicyclic) bond motifs is 1. The number of nitrogens with zero attached hydrogens (tertiary/aromatic N) is 1. The number of hydrogen-bond donors (Lipinski definition) is 1. The number of methoxy groups -OCH3 is 1. The van der Waals surface area contributed by atoms with Crippen LogP contribution in [0.4, 0.5) is 5.13 Å². The zero-order chi connectivity index (χ0) is 17.1. The number of aromatic nitrogens is 1. The number of hydrogen-bond acceptors (Lipinski definition) is 5. The molecular weight excluding hydrogens is 324 g/mol. The van der Waals surface area contributed by atoms with Crippen LogP contribution in [0.25, 0.3) is 10.2 Å². The largest absolute Gasteiger partial charge is 0.497 e. The fourth-order valence-corrected chi connectivity index (χ4v) is 3.32. The Labute approximate surface area is 144 Å². The maximum absolute atomic E-state index is 12.1. The lowest BCUT2D eigenvalue weighted by atomic mass is 10.1. The van der Waals surface area contributed by atoms with Gasteiger partial charge in [0.15, 0.2) is 11.7 Å². The molecule has 0 unspecified atom stereocenters. The van der Waals surface area contributed by atoms with Crippen molar-refractivity contribution in [3.63, 3.8) is 0 Å². The first-order valence-electron chi connectivity index (χ1n) is 7.49. The van der Waals surface area contributed by atoms with Crippen molar-refractivity contribution in [2.75, 3.05) is 19.0 Å². The molecule has 1 N–H and O–H groups in total. The van der Waals surface area contributed by atoms with Crippen molar-refractivity contribution in [2.45, 2.75) is 13.8 Å². The molecule has 0 aliphatic rings. The number of benzene rings is 2. The van der Waals surface area contributed by atoms with Crippen molar-refractivity contribution in [3.8, 4) is 11.5 Å². The van der Waals surface area contributed by atoms with E-state index >= 15 is 0 Å². The summed E-state index contributed by atoms with van der Waals surface area (Å²) in [4.78, 5) is 16.4. The lowest BCUT2D eigenvalue weighted by Crippen LogP contribution is -2.20. The van der Waals surface area contributed by atoms with Gasteiger partial charge in [-0.05, 0) is 55.3 Å². The quantitative estimate of drug-likeness (QED) is 0.763. The number of carbonyl (C=O) groups excluding carboxylic acids is 1. The minimum Gasteiger partial charge on any atom is -0.497 e. The van der Waals surface area contributed by atoms with Gasteiger partial charge in [0.05, 0.1) is 17.3 Å². The maximum Gasteiger partial charge on any atom is 0.264 e. The van der Waals surface area contributed by atoms with E-state index in [-0.39, 0.29) is 12.5 Å². The highest BCUT2D eigenvalue weighted by atomic mass is 32.1. The van der Waals surface area contributed by atoms with Crippen LogP contribution in [0, 0.1) is 13.8 Å². The van der Waals surface area contributed by atoms with E-state index in [1.807, 2.05) is 44.2 Å². The van der Waals surface area contributed by atoms with Gasteiger partial charge in [0.1, 0.15) is 11.5 Å². The van der Waals surface area contributed by atoms with E-state index in [1.165, 1.54) is 11.3 Å². The van der Waals surface area contributed by atoms with Gasteiger partial charge in [-0.25, -0.2) is 4.98 Å². The summed E-state index contributed by atoms with van der Waals surface area (Å²) < 4.78 is 11.7. The van der Waals surface area contributed by atoms with Crippen LogP contribution in [0.3, 0.4) is 0 Å². The molecule has 1 aromatic heterocycles. The van der Waals surface area contributed by atoms with Gasteiger partial charge in [0.25, 0.3) is 5.91 Å². The summed E-state index contributed by atoms with van der Waals surface area (Å²) in [5.41, 5.74) is 3.03. The van der Waals surface area contributed by atoms with Gasteiger partial charge < -0.3 is 9.47 Å². The molecule has 0 aliphatic carbocycles. The maximum atomic E-state index is 12.1. The molecule has 0 bridgehead atoms. The predicted octanol–water partition coefficient (Wildman–Crippen LogP) is 3.94. The number of ether oxygens (including phenoxy) is 2. The van der Waals surface area contributed by atoms with Gasteiger partial charge in [-0.3, -0.25) is 10.1 Å². The van der Waals surface area contributed by atoms with E-state index in [0.717, 1.165) is 27.1 Å². The van der Waals surface area contributed by atoms with Crippen molar-refractivity contribution >= 4 is 32.6 Å². The van der Waals surface area contributed by atoms with Crippen molar-refractivity contribution in [2.24, 2.45) is 0 Å². The first-order chi connectivity index (χ1) is 11.5. The van der Waals surface area contributed by atoms with E-state index in [1.54, 1.807) is 7.11 Å². The molecule has 0 radical (unpaired) electrons. The van der Waals surface area contributed by atoms with Gasteiger partial charge in [-0.15, -0.1) is 0 Å². The molecule has 0 atom stereocenters. The number of amides is 1. The summed E-state index contributed by atoms with van der Waals surface area (Å²) in [6.45, 7) is 3.94. The lowest BCUT2D eigenvalue weighted by molar-refractivity contribution is -0.118. The molecule has 0 aliphatic heterocycles. The second-order valence-corrected chi connectivity index (χ2v) is 6.54. The van der Waals surface area contributed by atoms with Crippen LogP contribution < -0.4 is 14.8 Å². The number of nitrogens with one attached hydrogen (secondary N) is 1. The first kappa shape index (κ1) is 16.3. The fourth-order valence-electron chi connectivity index (χ4n) is 2.41. The van der Waals surface area contributed by atoms with Crippen LogP contribution >= 0.6 is 11.3 Å². The Hall–Kier alpha value is -2.60. The van der Waals surface area contributed by atoms with Crippen molar-refractivity contribution in [1.29, 1.82) is 0 Å². The molecule has 0 saturated heterocycles.